The quantitative estimate of drug-likeness (QED) is 0.853. The summed E-state index contributed by atoms with van der Waals surface area (Å²) < 4.78 is 40.8. The second-order valence-corrected chi connectivity index (χ2v) is 7.78. The van der Waals surface area contributed by atoms with Crippen LogP contribution in [0.3, 0.4) is 0 Å². The molecule has 0 aromatic heterocycles. The van der Waals surface area contributed by atoms with Gasteiger partial charge in [-0.3, -0.25) is 0 Å². The van der Waals surface area contributed by atoms with E-state index < -0.39 is 10.0 Å². The van der Waals surface area contributed by atoms with E-state index in [9.17, 15) is 12.8 Å². The van der Waals surface area contributed by atoms with Crippen LogP contribution < -0.4 is 4.90 Å². The van der Waals surface area contributed by atoms with Crippen molar-refractivity contribution in [3.8, 4) is 0 Å². The fourth-order valence-electron chi connectivity index (χ4n) is 2.92. The first kappa shape index (κ1) is 16.9. The van der Waals surface area contributed by atoms with Crippen LogP contribution in [0.25, 0.3) is 0 Å². The van der Waals surface area contributed by atoms with Crippen molar-refractivity contribution in [2.75, 3.05) is 31.1 Å². The zero-order valence-electron chi connectivity index (χ0n) is 13.7. The molecule has 1 aliphatic heterocycles. The van der Waals surface area contributed by atoms with Gasteiger partial charge in [-0.15, -0.1) is 0 Å². The van der Waals surface area contributed by atoms with E-state index in [1.807, 2.05) is 24.0 Å². The van der Waals surface area contributed by atoms with Crippen LogP contribution in [-0.4, -0.2) is 38.9 Å². The molecule has 0 bridgehead atoms. The van der Waals surface area contributed by atoms with Crippen LogP contribution in [0.15, 0.2) is 53.4 Å². The van der Waals surface area contributed by atoms with Crippen LogP contribution in [0.2, 0.25) is 0 Å². The molecule has 3 rings (SSSR count). The maximum absolute atomic E-state index is 13.9. The minimum atomic E-state index is -3.49. The van der Waals surface area contributed by atoms with Gasteiger partial charge in [0.15, 0.2) is 0 Å². The molecule has 1 fully saturated rings. The Morgan fingerprint density at radius 1 is 0.958 bits per heavy atom. The van der Waals surface area contributed by atoms with E-state index in [1.165, 1.54) is 10.4 Å². The van der Waals surface area contributed by atoms with Gasteiger partial charge < -0.3 is 4.90 Å². The van der Waals surface area contributed by atoms with Gasteiger partial charge in [0.2, 0.25) is 10.0 Å². The highest BCUT2D eigenvalue weighted by Crippen LogP contribution is 2.23. The molecule has 0 amide bonds. The van der Waals surface area contributed by atoms with Gasteiger partial charge in [-0.1, -0.05) is 31.2 Å². The summed E-state index contributed by atoms with van der Waals surface area (Å²) in [7, 11) is -3.49. The van der Waals surface area contributed by atoms with Crippen LogP contribution in [-0.2, 0) is 16.4 Å². The highest BCUT2D eigenvalue weighted by molar-refractivity contribution is 7.89. The molecule has 4 nitrogen and oxygen atoms in total. The number of para-hydroxylation sites is 1. The maximum Gasteiger partial charge on any atom is 0.243 e. The third kappa shape index (κ3) is 3.30. The number of hydrogen-bond donors (Lipinski definition) is 0. The molecule has 2 aromatic carbocycles. The molecule has 0 aliphatic carbocycles. The number of benzene rings is 2. The lowest BCUT2D eigenvalue weighted by Gasteiger charge is -2.35. The van der Waals surface area contributed by atoms with Crippen LogP contribution in [0.4, 0.5) is 10.1 Å². The van der Waals surface area contributed by atoms with Crippen molar-refractivity contribution < 1.29 is 12.8 Å². The summed E-state index contributed by atoms with van der Waals surface area (Å²) in [4.78, 5) is 2.21. The number of anilines is 1. The van der Waals surface area contributed by atoms with Gasteiger partial charge in [0.05, 0.1) is 10.6 Å². The van der Waals surface area contributed by atoms with Crippen LogP contribution in [0.5, 0.6) is 0 Å². The van der Waals surface area contributed by atoms with E-state index in [4.69, 9.17) is 0 Å². The Kier molecular flexibility index (Phi) is 4.87. The second kappa shape index (κ2) is 6.91. The molecule has 2 aromatic rings. The normalized spacial score (nSPS) is 16.3. The SMILES string of the molecule is CCc1ccc(S(=O)(=O)N2CCN(c3ccccc3F)CC2)cc1. The molecule has 0 atom stereocenters. The summed E-state index contributed by atoms with van der Waals surface area (Å²) in [6.07, 6.45) is 0.877. The fraction of sp³-hybridized carbons (Fsp3) is 0.333. The first-order valence-electron chi connectivity index (χ1n) is 8.11. The Hall–Kier alpha value is -1.92. The van der Waals surface area contributed by atoms with Gasteiger partial charge in [0, 0.05) is 26.2 Å². The van der Waals surface area contributed by atoms with Crippen molar-refractivity contribution in [3.05, 3.63) is 59.9 Å². The predicted octanol–water partition coefficient (Wildman–Crippen LogP) is 2.90. The Morgan fingerprint density at radius 2 is 1.58 bits per heavy atom. The van der Waals surface area contributed by atoms with Crippen molar-refractivity contribution in [2.24, 2.45) is 0 Å². The van der Waals surface area contributed by atoms with Gasteiger partial charge in [-0.25, -0.2) is 12.8 Å². The number of sulfonamides is 1. The maximum atomic E-state index is 13.9. The summed E-state index contributed by atoms with van der Waals surface area (Å²) in [6, 6.07) is 13.6. The second-order valence-electron chi connectivity index (χ2n) is 5.84. The minimum Gasteiger partial charge on any atom is -0.367 e. The van der Waals surface area contributed by atoms with Gasteiger partial charge in [0.1, 0.15) is 5.82 Å². The lowest BCUT2D eigenvalue weighted by molar-refractivity contribution is 0.383. The summed E-state index contributed by atoms with van der Waals surface area (Å²) in [6.45, 7) is 3.70. The van der Waals surface area contributed by atoms with Crippen molar-refractivity contribution >= 4 is 15.7 Å². The average molecular weight is 348 g/mol. The number of halogens is 1. The molecule has 0 unspecified atom stereocenters. The Labute approximate surface area is 142 Å². The van der Waals surface area contributed by atoms with E-state index >= 15 is 0 Å². The molecular weight excluding hydrogens is 327 g/mol. The number of nitrogens with zero attached hydrogens (tertiary/aromatic N) is 2. The molecule has 0 radical (unpaired) electrons. The molecule has 128 valence electrons. The van der Waals surface area contributed by atoms with Gasteiger partial charge in [-0.05, 0) is 36.2 Å². The third-order valence-electron chi connectivity index (χ3n) is 4.40. The first-order valence-corrected chi connectivity index (χ1v) is 9.55. The van der Waals surface area contributed by atoms with Crippen molar-refractivity contribution in [1.29, 1.82) is 0 Å². The number of piperazine rings is 1. The van der Waals surface area contributed by atoms with E-state index in [-0.39, 0.29) is 5.82 Å². The van der Waals surface area contributed by atoms with E-state index in [1.54, 1.807) is 30.3 Å². The molecular formula is C18H21FN2O2S. The molecule has 0 spiro atoms. The highest BCUT2D eigenvalue weighted by Gasteiger charge is 2.29. The average Bonchev–Trinajstić information content (AvgIpc) is 2.62. The van der Waals surface area contributed by atoms with E-state index in [0.717, 1.165) is 12.0 Å². The van der Waals surface area contributed by atoms with Crippen molar-refractivity contribution in [1.82, 2.24) is 4.31 Å². The van der Waals surface area contributed by atoms with Crippen LogP contribution in [0, 0.1) is 5.82 Å². The standard InChI is InChI=1S/C18H21FN2O2S/c1-2-15-7-9-16(10-8-15)24(22,23)21-13-11-20(12-14-21)18-6-4-3-5-17(18)19/h3-10H,2,11-14H2,1H3. The van der Waals surface area contributed by atoms with Crippen molar-refractivity contribution in [3.63, 3.8) is 0 Å². The molecule has 24 heavy (non-hydrogen) atoms. The fourth-order valence-corrected chi connectivity index (χ4v) is 4.35. The van der Waals surface area contributed by atoms with Gasteiger partial charge in [0.25, 0.3) is 0 Å². The number of hydrogen-bond acceptors (Lipinski definition) is 3. The molecule has 1 heterocycles. The Morgan fingerprint density at radius 3 is 2.17 bits per heavy atom. The topological polar surface area (TPSA) is 40.6 Å². The number of rotatable bonds is 4. The smallest absolute Gasteiger partial charge is 0.243 e. The molecule has 0 N–H and O–H groups in total. The lowest BCUT2D eigenvalue weighted by atomic mass is 10.2. The zero-order valence-corrected chi connectivity index (χ0v) is 14.5. The van der Waals surface area contributed by atoms with E-state index in [0.29, 0.717) is 36.8 Å². The molecule has 1 aliphatic rings. The number of aryl methyl sites for hydroxylation is 1. The highest BCUT2D eigenvalue weighted by atomic mass is 32.2. The molecule has 1 saturated heterocycles. The lowest BCUT2D eigenvalue weighted by Crippen LogP contribution is -2.48. The van der Waals surface area contributed by atoms with E-state index in [2.05, 4.69) is 0 Å². The van der Waals surface area contributed by atoms with Crippen LogP contribution in [0.1, 0.15) is 12.5 Å². The molecule has 6 heteroatoms. The Bertz CT molecular complexity index is 798. The summed E-state index contributed by atoms with van der Waals surface area (Å²) in [5, 5.41) is 0. The third-order valence-corrected chi connectivity index (χ3v) is 6.31. The zero-order chi connectivity index (χ0) is 17.2. The first-order chi connectivity index (χ1) is 11.5. The minimum absolute atomic E-state index is 0.274. The molecule has 0 saturated carbocycles. The Balaban J connectivity index is 1.72. The monoisotopic (exact) mass is 348 g/mol. The van der Waals surface area contributed by atoms with Crippen LogP contribution >= 0.6 is 0 Å². The summed E-state index contributed by atoms with van der Waals surface area (Å²) in [5.74, 6) is -0.274. The predicted molar refractivity (Wildman–Crippen MR) is 93.2 cm³/mol. The summed E-state index contributed by atoms with van der Waals surface area (Å²) in [5.41, 5.74) is 1.64. The van der Waals surface area contributed by atoms with Crippen molar-refractivity contribution in [2.45, 2.75) is 18.2 Å². The largest absolute Gasteiger partial charge is 0.367 e. The van der Waals surface area contributed by atoms with Gasteiger partial charge in [-0.2, -0.15) is 4.31 Å². The summed E-state index contributed by atoms with van der Waals surface area (Å²) >= 11 is 0. The van der Waals surface area contributed by atoms with Gasteiger partial charge >= 0.3 is 0 Å².